The molecular weight excluding hydrogens is 250 g/mol. The Morgan fingerprint density at radius 3 is 2.70 bits per heavy atom. The van der Waals surface area contributed by atoms with Gasteiger partial charge in [-0.05, 0) is 43.2 Å². The molecule has 1 aromatic heterocycles. The predicted molar refractivity (Wildman–Crippen MR) is 79.5 cm³/mol. The highest BCUT2D eigenvalue weighted by molar-refractivity contribution is 5.82. The SMILES string of the molecule is Nc1cc(-c2nc3ccccc3n2C2CC2)ccc1O. The molecule has 1 saturated carbocycles. The van der Waals surface area contributed by atoms with Crippen molar-refractivity contribution in [3.05, 3.63) is 42.5 Å². The van der Waals surface area contributed by atoms with Crippen molar-refractivity contribution in [2.75, 3.05) is 5.73 Å². The van der Waals surface area contributed by atoms with Gasteiger partial charge in [-0.2, -0.15) is 0 Å². The third kappa shape index (κ3) is 1.65. The smallest absolute Gasteiger partial charge is 0.141 e. The molecule has 3 aromatic rings. The molecule has 0 saturated heterocycles. The van der Waals surface area contributed by atoms with Gasteiger partial charge < -0.3 is 15.4 Å². The van der Waals surface area contributed by atoms with Crippen LogP contribution >= 0.6 is 0 Å². The molecule has 2 aromatic carbocycles. The number of rotatable bonds is 2. The van der Waals surface area contributed by atoms with E-state index in [9.17, 15) is 5.11 Å². The second kappa shape index (κ2) is 4.00. The van der Waals surface area contributed by atoms with Crippen LogP contribution < -0.4 is 5.73 Å². The van der Waals surface area contributed by atoms with Gasteiger partial charge in [0.25, 0.3) is 0 Å². The molecule has 1 fully saturated rings. The number of phenols is 1. The summed E-state index contributed by atoms with van der Waals surface area (Å²) in [5.74, 6) is 1.04. The lowest BCUT2D eigenvalue weighted by Crippen LogP contribution is -1.98. The Morgan fingerprint density at radius 1 is 1.15 bits per heavy atom. The van der Waals surface area contributed by atoms with Gasteiger partial charge in [0.05, 0.1) is 16.7 Å². The van der Waals surface area contributed by atoms with Crippen LogP contribution in [0.1, 0.15) is 18.9 Å². The number of aromatic hydroxyl groups is 1. The number of phenolic OH excluding ortho intramolecular Hbond substituents is 1. The van der Waals surface area contributed by atoms with Crippen LogP contribution in [0.15, 0.2) is 42.5 Å². The molecule has 1 aliphatic carbocycles. The minimum atomic E-state index is 0.114. The Kier molecular flexibility index (Phi) is 2.27. The molecule has 0 aliphatic heterocycles. The van der Waals surface area contributed by atoms with Crippen molar-refractivity contribution in [1.29, 1.82) is 0 Å². The first-order valence-corrected chi connectivity index (χ1v) is 6.80. The number of nitrogen functional groups attached to an aromatic ring is 1. The van der Waals surface area contributed by atoms with Crippen LogP contribution in [-0.4, -0.2) is 14.7 Å². The summed E-state index contributed by atoms with van der Waals surface area (Å²) in [6.07, 6.45) is 2.39. The van der Waals surface area contributed by atoms with Crippen LogP contribution in [0.2, 0.25) is 0 Å². The highest BCUT2D eigenvalue weighted by Crippen LogP contribution is 2.41. The van der Waals surface area contributed by atoms with Crippen LogP contribution in [0.25, 0.3) is 22.4 Å². The number of fused-ring (bicyclic) bond motifs is 1. The minimum Gasteiger partial charge on any atom is -0.506 e. The summed E-state index contributed by atoms with van der Waals surface area (Å²) in [5, 5.41) is 9.57. The van der Waals surface area contributed by atoms with Crippen molar-refractivity contribution in [3.8, 4) is 17.1 Å². The normalized spacial score (nSPS) is 14.8. The minimum absolute atomic E-state index is 0.114. The molecule has 1 aliphatic rings. The largest absolute Gasteiger partial charge is 0.506 e. The molecule has 4 rings (SSSR count). The van der Waals surface area contributed by atoms with Crippen LogP contribution in [0.4, 0.5) is 5.69 Å². The lowest BCUT2D eigenvalue weighted by atomic mass is 10.1. The summed E-state index contributed by atoms with van der Waals surface area (Å²) in [6, 6.07) is 14.0. The van der Waals surface area contributed by atoms with Gasteiger partial charge in [0.2, 0.25) is 0 Å². The Balaban J connectivity index is 1.98. The summed E-state index contributed by atoms with van der Waals surface area (Å²) in [7, 11) is 0. The molecule has 4 heteroatoms. The van der Waals surface area contributed by atoms with E-state index in [0.29, 0.717) is 11.7 Å². The molecule has 0 unspecified atom stereocenters. The Morgan fingerprint density at radius 2 is 1.95 bits per heavy atom. The van der Waals surface area contributed by atoms with Crippen molar-refractivity contribution in [1.82, 2.24) is 9.55 Å². The van der Waals surface area contributed by atoms with E-state index in [2.05, 4.69) is 10.6 Å². The Bertz CT molecular complexity index is 803. The number of imidazole rings is 1. The van der Waals surface area contributed by atoms with Gasteiger partial charge in [0, 0.05) is 11.6 Å². The van der Waals surface area contributed by atoms with E-state index in [4.69, 9.17) is 10.7 Å². The van der Waals surface area contributed by atoms with Gasteiger partial charge in [-0.25, -0.2) is 4.98 Å². The van der Waals surface area contributed by atoms with E-state index in [1.165, 1.54) is 12.8 Å². The van der Waals surface area contributed by atoms with Crippen molar-refractivity contribution < 1.29 is 5.11 Å². The third-order valence-electron chi connectivity index (χ3n) is 3.79. The molecule has 0 atom stereocenters. The number of hydrogen-bond acceptors (Lipinski definition) is 3. The number of anilines is 1. The number of hydrogen-bond donors (Lipinski definition) is 2. The van der Waals surface area contributed by atoms with Crippen molar-refractivity contribution in [2.45, 2.75) is 18.9 Å². The van der Waals surface area contributed by atoms with Crippen LogP contribution in [0.3, 0.4) is 0 Å². The zero-order chi connectivity index (χ0) is 13.7. The van der Waals surface area contributed by atoms with E-state index in [1.54, 1.807) is 12.1 Å². The quantitative estimate of drug-likeness (QED) is 0.552. The summed E-state index contributed by atoms with van der Waals surface area (Å²) < 4.78 is 2.29. The van der Waals surface area contributed by atoms with Gasteiger partial charge in [0.1, 0.15) is 11.6 Å². The van der Waals surface area contributed by atoms with Gasteiger partial charge in [-0.1, -0.05) is 12.1 Å². The van der Waals surface area contributed by atoms with E-state index in [-0.39, 0.29) is 5.75 Å². The third-order valence-corrected chi connectivity index (χ3v) is 3.79. The Labute approximate surface area is 116 Å². The number of benzene rings is 2. The molecule has 20 heavy (non-hydrogen) atoms. The average Bonchev–Trinajstić information content (AvgIpc) is 3.22. The zero-order valence-electron chi connectivity index (χ0n) is 11.0. The second-order valence-corrected chi connectivity index (χ2v) is 5.30. The highest BCUT2D eigenvalue weighted by Gasteiger charge is 2.28. The number of nitrogens with two attached hydrogens (primary N) is 1. The molecule has 3 N–H and O–H groups in total. The number of para-hydroxylation sites is 2. The highest BCUT2D eigenvalue weighted by atomic mass is 16.3. The van der Waals surface area contributed by atoms with E-state index in [1.807, 2.05) is 24.3 Å². The molecule has 100 valence electrons. The predicted octanol–water partition coefficient (Wildman–Crippen LogP) is 3.33. The first kappa shape index (κ1) is 11.3. The van der Waals surface area contributed by atoms with Crippen LogP contribution in [0, 0.1) is 0 Å². The standard InChI is InChI=1S/C16H15N3O/c17-12-9-10(5-8-15(12)20)16-18-13-3-1-2-4-14(13)19(16)11-6-7-11/h1-5,8-9,11,20H,6-7,17H2. The molecule has 1 heterocycles. The first-order chi connectivity index (χ1) is 9.74. The van der Waals surface area contributed by atoms with Crippen molar-refractivity contribution in [3.63, 3.8) is 0 Å². The number of aromatic nitrogens is 2. The molecule has 0 radical (unpaired) electrons. The molecular formula is C16H15N3O. The van der Waals surface area contributed by atoms with Crippen LogP contribution in [-0.2, 0) is 0 Å². The maximum atomic E-state index is 9.57. The topological polar surface area (TPSA) is 64.1 Å². The molecule has 0 amide bonds. The second-order valence-electron chi connectivity index (χ2n) is 5.30. The monoisotopic (exact) mass is 265 g/mol. The fourth-order valence-electron chi connectivity index (χ4n) is 2.64. The van der Waals surface area contributed by atoms with E-state index < -0.39 is 0 Å². The van der Waals surface area contributed by atoms with Crippen LogP contribution in [0.5, 0.6) is 5.75 Å². The summed E-state index contributed by atoms with van der Waals surface area (Å²) in [6.45, 7) is 0. The van der Waals surface area contributed by atoms with Gasteiger partial charge in [0.15, 0.2) is 0 Å². The summed E-state index contributed by atoms with van der Waals surface area (Å²) in [4.78, 5) is 4.74. The zero-order valence-corrected chi connectivity index (χ0v) is 11.0. The van der Waals surface area contributed by atoms with Gasteiger partial charge in [-0.15, -0.1) is 0 Å². The lowest BCUT2D eigenvalue weighted by molar-refractivity contribution is 0.478. The summed E-state index contributed by atoms with van der Waals surface area (Å²) >= 11 is 0. The van der Waals surface area contributed by atoms with Gasteiger partial charge >= 0.3 is 0 Å². The lowest BCUT2D eigenvalue weighted by Gasteiger charge is -2.08. The molecule has 4 nitrogen and oxygen atoms in total. The van der Waals surface area contributed by atoms with E-state index >= 15 is 0 Å². The fraction of sp³-hybridized carbons (Fsp3) is 0.188. The fourth-order valence-corrected chi connectivity index (χ4v) is 2.64. The van der Waals surface area contributed by atoms with Gasteiger partial charge in [-0.3, -0.25) is 0 Å². The average molecular weight is 265 g/mol. The maximum absolute atomic E-state index is 9.57. The van der Waals surface area contributed by atoms with Crippen molar-refractivity contribution >= 4 is 16.7 Å². The first-order valence-electron chi connectivity index (χ1n) is 6.80. The number of nitrogens with zero attached hydrogens (tertiary/aromatic N) is 2. The molecule has 0 bridgehead atoms. The summed E-state index contributed by atoms with van der Waals surface area (Å²) in [5.41, 5.74) is 9.31. The molecule has 0 spiro atoms. The maximum Gasteiger partial charge on any atom is 0.141 e. The van der Waals surface area contributed by atoms with E-state index in [0.717, 1.165) is 22.4 Å². The Hall–Kier alpha value is -2.49. The van der Waals surface area contributed by atoms with Crippen molar-refractivity contribution in [2.24, 2.45) is 0 Å².